The van der Waals surface area contributed by atoms with Crippen LogP contribution in [0.15, 0.2) is 47.8 Å². The number of carbonyl (C=O) groups is 1. The average Bonchev–Trinajstić information content (AvgIpc) is 3.60. The van der Waals surface area contributed by atoms with Gasteiger partial charge in [-0.1, -0.05) is 62.9 Å². The van der Waals surface area contributed by atoms with Crippen LogP contribution in [0.4, 0.5) is 0 Å². The van der Waals surface area contributed by atoms with E-state index < -0.39 is 43.0 Å². The lowest BCUT2D eigenvalue weighted by Gasteiger charge is -2.30. The fourth-order valence-electron chi connectivity index (χ4n) is 5.26. The number of thioether (sulfide) groups is 1. The van der Waals surface area contributed by atoms with Crippen LogP contribution in [0.25, 0.3) is 11.2 Å². The smallest absolute Gasteiger partial charge is 0.346 e. The van der Waals surface area contributed by atoms with Crippen LogP contribution < -0.4 is 10.6 Å². The van der Waals surface area contributed by atoms with E-state index in [1.807, 2.05) is 58.0 Å². The maximum absolute atomic E-state index is 14.0. The van der Waals surface area contributed by atoms with Crippen LogP contribution in [-0.4, -0.2) is 67.2 Å². The summed E-state index contributed by atoms with van der Waals surface area (Å²) in [7, 11) is -3.89. The Bertz CT molecular complexity index is 1580. The molecule has 0 amide bonds. The monoisotopic (exact) mass is 649 g/mol. The molecule has 44 heavy (non-hydrogen) atoms. The van der Waals surface area contributed by atoms with Gasteiger partial charge in [0.2, 0.25) is 0 Å². The van der Waals surface area contributed by atoms with Gasteiger partial charge in [-0.2, -0.15) is 0 Å². The van der Waals surface area contributed by atoms with E-state index in [0.29, 0.717) is 17.8 Å². The zero-order valence-corrected chi connectivity index (χ0v) is 27.5. The summed E-state index contributed by atoms with van der Waals surface area (Å²) in [6.45, 7) is 11.3. The van der Waals surface area contributed by atoms with E-state index in [1.165, 1.54) is 12.7 Å². The SMILES string of the molecule is CCC(C)(C)C(=O)SCCOP(=O)(NCc1ccccc1)OC[C@H]1O[C@@H](n2cnc3c(=O)[nH]cnc32)C2(C)OC(C)(C)O[C@@H]12. The van der Waals surface area contributed by atoms with Gasteiger partial charge in [0.05, 0.1) is 25.9 Å². The number of imidazole rings is 1. The number of hydrogen-bond acceptors (Lipinski definition) is 11. The normalized spacial score (nSPS) is 26.1. The molecule has 2 fully saturated rings. The Morgan fingerprint density at radius 1 is 1.20 bits per heavy atom. The molecule has 15 heteroatoms. The van der Waals surface area contributed by atoms with Gasteiger partial charge in [-0.15, -0.1) is 0 Å². The summed E-state index contributed by atoms with van der Waals surface area (Å²) in [5.41, 5.74) is -0.483. The fraction of sp³-hybridized carbons (Fsp3) is 0.586. The number of hydrogen-bond donors (Lipinski definition) is 2. The van der Waals surface area contributed by atoms with Gasteiger partial charge in [-0.05, 0) is 32.8 Å². The molecule has 0 aliphatic carbocycles. The Hall–Kier alpha value is -2.42. The Kier molecular flexibility index (Phi) is 9.56. The van der Waals surface area contributed by atoms with Gasteiger partial charge in [0, 0.05) is 17.7 Å². The number of aromatic nitrogens is 4. The van der Waals surface area contributed by atoms with E-state index in [2.05, 4.69) is 20.0 Å². The lowest BCUT2D eigenvalue weighted by atomic mass is 9.92. The largest absolute Gasteiger partial charge is 0.405 e. The molecule has 2 unspecified atom stereocenters. The van der Waals surface area contributed by atoms with Crippen molar-refractivity contribution in [2.45, 2.75) is 84.3 Å². The molecule has 3 aromatic rings. The number of aromatic amines is 1. The van der Waals surface area contributed by atoms with Crippen LogP contribution in [0, 0.1) is 5.41 Å². The Labute approximate surface area is 260 Å². The van der Waals surface area contributed by atoms with Crippen molar-refractivity contribution >= 4 is 35.8 Å². The number of rotatable bonds is 13. The minimum atomic E-state index is -3.89. The molecule has 0 bridgehead atoms. The van der Waals surface area contributed by atoms with Crippen molar-refractivity contribution in [2.24, 2.45) is 5.41 Å². The van der Waals surface area contributed by atoms with Crippen molar-refractivity contribution in [1.82, 2.24) is 24.6 Å². The quantitative estimate of drug-likeness (QED) is 0.197. The number of benzene rings is 1. The average molecular weight is 650 g/mol. The fourth-order valence-corrected chi connectivity index (χ4v) is 7.58. The molecule has 2 N–H and O–H groups in total. The van der Waals surface area contributed by atoms with Crippen LogP contribution in [0.2, 0.25) is 0 Å². The summed E-state index contributed by atoms with van der Waals surface area (Å²) in [5, 5.41) is 2.99. The van der Waals surface area contributed by atoms with Crippen LogP contribution in [0.5, 0.6) is 0 Å². The lowest BCUT2D eigenvalue weighted by Crippen LogP contribution is -2.42. The third-order valence-electron chi connectivity index (χ3n) is 7.93. The summed E-state index contributed by atoms with van der Waals surface area (Å²) < 4.78 is 46.5. The van der Waals surface area contributed by atoms with E-state index in [-0.39, 0.29) is 35.9 Å². The van der Waals surface area contributed by atoms with E-state index in [4.69, 9.17) is 23.3 Å². The maximum Gasteiger partial charge on any atom is 0.405 e. The third-order valence-corrected chi connectivity index (χ3v) is 10.7. The molecule has 2 saturated heterocycles. The van der Waals surface area contributed by atoms with Gasteiger partial charge in [0.15, 0.2) is 28.3 Å². The summed E-state index contributed by atoms with van der Waals surface area (Å²) in [4.78, 5) is 35.9. The zero-order chi connectivity index (χ0) is 31.8. The minimum absolute atomic E-state index is 0.0262. The molecule has 2 aliphatic heterocycles. The number of H-pyrrole nitrogens is 1. The van der Waals surface area contributed by atoms with Crippen LogP contribution in [0.1, 0.15) is 59.8 Å². The van der Waals surface area contributed by atoms with Gasteiger partial charge in [-0.25, -0.2) is 19.6 Å². The highest BCUT2D eigenvalue weighted by Crippen LogP contribution is 2.53. The van der Waals surface area contributed by atoms with Crippen molar-refractivity contribution in [2.75, 3.05) is 19.0 Å². The Morgan fingerprint density at radius 3 is 2.68 bits per heavy atom. The number of nitrogens with zero attached hydrogens (tertiary/aromatic N) is 3. The maximum atomic E-state index is 14.0. The summed E-state index contributed by atoms with van der Waals surface area (Å²) in [6.07, 6.45) is 1.34. The molecule has 5 rings (SSSR count). The van der Waals surface area contributed by atoms with E-state index in [1.54, 1.807) is 18.4 Å². The van der Waals surface area contributed by atoms with Crippen LogP contribution in [0.3, 0.4) is 0 Å². The molecule has 4 heterocycles. The predicted octanol–water partition coefficient (Wildman–Crippen LogP) is 4.55. The second-order valence-corrected chi connectivity index (χ2v) is 15.0. The first-order chi connectivity index (χ1) is 20.8. The zero-order valence-electron chi connectivity index (χ0n) is 25.8. The molecule has 0 radical (unpaired) electrons. The molecule has 0 saturated carbocycles. The minimum Gasteiger partial charge on any atom is -0.346 e. The van der Waals surface area contributed by atoms with Crippen molar-refractivity contribution in [3.05, 3.63) is 58.9 Å². The van der Waals surface area contributed by atoms with Gasteiger partial charge >= 0.3 is 7.75 Å². The highest BCUT2D eigenvalue weighted by atomic mass is 32.2. The number of carbonyl (C=O) groups excluding carboxylic acids is 1. The molecular formula is C29H40N5O8PS. The number of fused-ring (bicyclic) bond motifs is 2. The van der Waals surface area contributed by atoms with Crippen LogP contribution in [-0.2, 0) is 39.2 Å². The molecule has 5 atom stereocenters. The summed E-state index contributed by atoms with van der Waals surface area (Å²) >= 11 is 1.15. The second kappa shape index (κ2) is 12.8. The third kappa shape index (κ3) is 6.87. The highest BCUT2D eigenvalue weighted by molar-refractivity contribution is 8.13. The number of ether oxygens (including phenoxy) is 3. The molecule has 240 valence electrons. The summed E-state index contributed by atoms with van der Waals surface area (Å²) in [6, 6.07) is 9.46. The predicted molar refractivity (Wildman–Crippen MR) is 165 cm³/mol. The molecule has 0 spiro atoms. The first-order valence-electron chi connectivity index (χ1n) is 14.6. The van der Waals surface area contributed by atoms with E-state index >= 15 is 0 Å². The van der Waals surface area contributed by atoms with Crippen LogP contribution >= 0.6 is 19.5 Å². The number of nitrogens with one attached hydrogen (secondary N) is 2. The van der Waals surface area contributed by atoms with Crippen molar-refractivity contribution < 1.29 is 32.6 Å². The first-order valence-corrected chi connectivity index (χ1v) is 17.1. The highest BCUT2D eigenvalue weighted by Gasteiger charge is 2.64. The molecule has 2 aromatic heterocycles. The molecular weight excluding hydrogens is 609 g/mol. The van der Waals surface area contributed by atoms with Crippen molar-refractivity contribution in [3.63, 3.8) is 0 Å². The first kappa shape index (κ1) is 33.0. The van der Waals surface area contributed by atoms with Crippen molar-refractivity contribution in [3.8, 4) is 0 Å². The Balaban J connectivity index is 1.33. The molecule has 2 aliphatic rings. The molecule has 13 nitrogen and oxygen atoms in total. The van der Waals surface area contributed by atoms with Crippen molar-refractivity contribution in [1.29, 1.82) is 0 Å². The van der Waals surface area contributed by atoms with E-state index in [9.17, 15) is 14.2 Å². The van der Waals surface area contributed by atoms with Gasteiger partial charge in [-0.3, -0.25) is 23.2 Å². The topological polar surface area (TPSA) is 156 Å². The van der Waals surface area contributed by atoms with Gasteiger partial charge < -0.3 is 19.2 Å². The Morgan fingerprint density at radius 2 is 1.95 bits per heavy atom. The van der Waals surface area contributed by atoms with E-state index in [0.717, 1.165) is 17.3 Å². The van der Waals surface area contributed by atoms with Gasteiger partial charge in [0.1, 0.15) is 17.8 Å². The molecule has 1 aromatic carbocycles. The lowest BCUT2D eigenvalue weighted by molar-refractivity contribution is -0.216. The summed E-state index contributed by atoms with van der Waals surface area (Å²) in [5.74, 6) is -0.640. The van der Waals surface area contributed by atoms with Gasteiger partial charge in [0.25, 0.3) is 5.56 Å². The standard InChI is InChI=1S/C29H40N5O8PS/c1-7-27(2,3)26(36)44-14-13-38-43(37,33-15-19-11-9-8-10-12-19)39-16-20-22-29(6,42-28(4,5)41-22)25(40-20)34-18-32-21-23(34)30-17-31-24(21)35/h8-12,17-18,20,22,25H,7,13-16H2,1-6H3,(H,33,37)(H,30,31,35)/t20-,22+,25-,29?,43?/m1/s1. The second-order valence-electron chi connectivity index (χ2n) is 12.1.